The van der Waals surface area contributed by atoms with Gasteiger partial charge in [-0.1, -0.05) is 48.5 Å². The fourth-order valence-electron chi connectivity index (χ4n) is 4.26. The maximum atomic E-state index is 12.9. The normalized spacial score (nSPS) is 19.7. The van der Waals surface area contributed by atoms with Crippen LogP contribution in [0, 0.1) is 0 Å². The molecule has 3 amide bonds. The number of carbonyl (C=O) groups excluding carboxylic acids is 2. The first-order valence-electron chi connectivity index (χ1n) is 10.2. The third kappa shape index (κ3) is 4.19. The van der Waals surface area contributed by atoms with Gasteiger partial charge < -0.3 is 15.1 Å². The Morgan fingerprint density at radius 3 is 2.57 bits per heavy atom. The number of likely N-dealkylation sites (tertiary alicyclic amines) is 2. The van der Waals surface area contributed by atoms with E-state index in [1.54, 1.807) is 0 Å². The van der Waals surface area contributed by atoms with Crippen LogP contribution in [-0.4, -0.2) is 47.4 Å². The minimum absolute atomic E-state index is 0.0724. The van der Waals surface area contributed by atoms with E-state index in [1.165, 1.54) is 5.56 Å². The zero-order valence-electron chi connectivity index (χ0n) is 16.1. The molecular formula is C23H27N3O2. The molecule has 0 bridgehead atoms. The number of hydrogen-bond donors (Lipinski definition) is 1. The fourth-order valence-corrected chi connectivity index (χ4v) is 4.26. The summed E-state index contributed by atoms with van der Waals surface area (Å²) in [6.45, 7) is 2.20. The Balaban J connectivity index is 1.43. The van der Waals surface area contributed by atoms with E-state index in [9.17, 15) is 9.59 Å². The van der Waals surface area contributed by atoms with Gasteiger partial charge in [-0.05, 0) is 42.9 Å². The van der Waals surface area contributed by atoms with E-state index >= 15 is 0 Å². The average molecular weight is 377 g/mol. The van der Waals surface area contributed by atoms with Crippen molar-refractivity contribution in [3.8, 4) is 0 Å². The lowest BCUT2D eigenvalue weighted by atomic mass is 10.0. The van der Waals surface area contributed by atoms with E-state index in [-0.39, 0.29) is 18.0 Å². The molecule has 5 heteroatoms. The zero-order chi connectivity index (χ0) is 19.3. The molecular weight excluding hydrogens is 350 g/mol. The maximum absolute atomic E-state index is 12.9. The number of benzene rings is 2. The van der Waals surface area contributed by atoms with E-state index in [2.05, 4.69) is 23.5 Å². The van der Waals surface area contributed by atoms with Crippen LogP contribution in [0.2, 0.25) is 0 Å². The first-order chi connectivity index (χ1) is 13.7. The molecule has 1 atom stereocenters. The second-order valence-corrected chi connectivity index (χ2v) is 7.68. The third-order valence-corrected chi connectivity index (χ3v) is 5.73. The van der Waals surface area contributed by atoms with Crippen molar-refractivity contribution in [2.24, 2.45) is 0 Å². The molecule has 2 fully saturated rings. The lowest BCUT2D eigenvalue weighted by Crippen LogP contribution is -2.51. The van der Waals surface area contributed by atoms with Crippen LogP contribution in [0.1, 0.15) is 36.8 Å². The highest BCUT2D eigenvalue weighted by molar-refractivity contribution is 5.90. The molecule has 28 heavy (non-hydrogen) atoms. The Morgan fingerprint density at radius 1 is 1.00 bits per heavy atom. The Kier molecular flexibility index (Phi) is 5.60. The van der Waals surface area contributed by atoms with Gasteiger partial charge in [-0.3, -0.25) is 4.79 Å². The fraction of sp³-hybridized carbons (Fsp3) is 0.391. The molecule has 2 aliphatic rings. The topological polar surface area (TPSA) is 52.7 Å². The van der Waals surface area contributed by atoms with Crippen molar-refractivity contribution in [2.75, 3.05) is 25.0 Å². The largest absolute Gasteiger partial charge is 0.338 e. The van der Waals surface area contributed by atoms with E-state index in [0.717, 1.165) is 50.0 Å². The summed E-state index contributed by atoms with van der Waals surface area (Å²) in [5.41, 5.74) is 3.18. The average Bonchev–Trinajstić information content (AvgIpc) is 3.16. The van der Waals surface area contributed by atoms with Crippen LogP contribution in [0.4, 0.5) is 10.5 Å². The van der Waals surface area contributed by atoms with Gasteiger partial charge in [0.1, 0.15) is 0 Å². The van der Waals surface area contributed by atoms with Gasteiger partial charge >= 0.3 is 6.03 Å². The molecule has 2 aromatic rings. The molecule has 2 heterocycles. The molecule has 2 aliphatic heterocycles. The van der Waals surface area contributed by atoms with Crippen LogP contribution >= 0.6 is 0 Å². The van der Waals surface area contributed by atoms with Gasteiger partial charge in [-0.15, -0.1) is 0 Å². The number of urea groups is 1. The summed E-state index contributed by atoms with van der Waals surface area (Å²) in [7, 11) is 0. The van der Waals surface area contributed by atoms with Crippen molar-refractivity contribution in [3.63, 3.8) is 0 Å². The summed E-state index contributed by atoms with van der Waals surface area (Å²) < 4.78 is 0. The standard InChI is InChI=1S/C23H27N3O2/c27-22-13-7-15-26(22)20-11-6-14-25(17-20)23(28)24-21-12-5-4-10-19(21)16-18-8-2-1-3-9-18/h1-5,8-10,12,20H,6-7,11,13-17H2,(H,24,28)/t20-/m1/s1. The SMILES string of the molecule is O=C(Nc1ccccc1Cc1ccccc1)N1CCC[C@@H](N2CCCC2=O)C1. The molecule has 0 unspecified atom stereocenters. The highest BCUT2D eigenvalue weighted by Gasteiger charge is 2.32. The number of hydrogen-bond acceptors (Lipinski definition) is 2. The van der Waals surface area contributed by atoms with Gasteiger partial charge in [-0.2, -0.15) is 0 Å². The smallest absolute Gasteiger partial charge is 0.321 e. The number of piperidine rings is 1. The van der Waals surface area contributed by atoms with Crippen LogP contribution in [0.25, 0.3) is 0 Å². The third-order valence-electron chi connectivity index (χ3n) is 5.73. The predicted molar refractivity (Wildman–Crippen MR) is 110 cm³/mol. The molecule has 5 nitrogen and oxygen atoms in total. The van der Waals surface area contributed by atoms with Crippen LogP contribution in [0.5, 0.6) is 0 Å². The number of carbonyl (C=O) groups is 2. The summed E-state index contributed by atoms with van der Waals surface area (Å²) in [5, 5.41) is 3.11. The van der Waals surface area contributed by atoms with E-state index in [1.807, 2.05) is 46.2 Å². The van der Waals surface area contributed by atoms with Crippen molar-refractivity contribution >= 4 is 17.6 Å². The van der Waals surface area contributed by atoms with Gasteiger partial charge in [-0.25, -0.2) is 4.79 Å². The minimum atomic E-state index is -0.0724. The van der Waals surface area contributed by atoms with Gasteiger partial charge in [0.15, 0.2) is 0 Å². The number of nitrogens with zero attached hydrogens (tertiary/aromatic N) is 2. The van der Waals surface area contributed by atoms with E-state index in [0.29, 0.717) is 13.0 Å². The van der Waals surface area contributed by atoms with Crippen LogP contribution in [-0.2, 0) is 11.2 Å². The lowest BCUT2D eigenvalue weighted by Gasteiger charge is -2.37. The van der Waals surface area contributed by atoms with E-state index < -0.39 is 0 Å². The highest BCUT2D eigenvalue weighted by atomic mass is 16.2. The molecule has 0 spiro atoms. The highest BCUT2D eigenvalue weighted by Crippen LogP contribution is 2.23. The Bertz CT molecular complexity index is 837. The van der Waals surface area contributed by atoms with Gasteiger partial charge in [0, 0.05) is 37.8 Å². The molecule has 0 aliphatic carbocycles. The molecule has 4 rings (SSSR count). The predicted octanol–water partition coefficient (Wildman–Crippen LogP) is 3.90. The number of para-hydroxylation sites is 1. The van der Waals surface area contributed by atoms with Crippen molar-refractivity contribution in [1.29, 1.82) is 0 Å². The summed E-state index contributed by atoms with van der Waals surface area (Å²) in [6.07, 6.45) is 4.29. The monoisotopic (exact) mass is 377 g/mol. The zero-order valence-corrected chi connectivity index (χ0v) is 16.1. The Labute approximate surface area is 166 Å². The first kappa shape index (κ1) is 18.5. The number of amides is 3. The summed E-state index contributed by atoms with van der Waals surface area (Å²) in [4.78, 5) is 28.8. The van der Waals surface area contributed by atoms with Crippen molar-refractivity contribution in [2.45, 2.75) is 38.1 Å². The lowest BCUT2D eigenvalue weighted by molar-refractivity contribution is -0.130. The maximum Gasteiger partial charge on any atom is 0.321 e. The van der Waals surface area contributed by atoms with Gasteiger partial charge in [0.2, 0.25) is 5.91 Å². The molecule has 1 N–H and O–H groups in total. The minimum Gasteiger partial charge on any atom is -0.338 e. The number of nitrogens with one attached hydrogen (secondary N) is 1. The molecule has 0 saturated carbocycles. The van der Waals surface area contributed by atoms with Crippen molar-refractivity contribution in [3.05, 3.63) is 65.7 Å². The number of rotatable bonds is 4. The molecule has 2 saturated heterocycles. The summed E-state index contributed by atoms with van der Waals surface area (Å²) in [5.74, 6) is 0.237. The van der Waals surface area contributed by atoms with Gasteiger partial charge in [0.05, 0.1) is 0 Å². The van der Waals surface area contributed by atoms with Crippen molar-refractivity contribution < 1.29 is 9.59 Å². The van der Waals surface area contributed by atoms with Gasteiger partial charge in [0.25, 0.3) is 0 Å². The Morgan fingerprint density at radius 2 is 1.79 bits per heavy atom. The van der Waals surface area contributed by atoms with Crippen LogP contribution < -0.4 is 5.32 Å². The van der Waals surface area contributed by atoms with E-state index in [4.69, 9.17) is 0 Å². The summed E-state index contributed by atoms with van der Waals surface area (Å²) in [6, 6.07) is 18.3. The van der Waals surface area contributed by atoms with Crippen molar-refractivity contribution in [1.82, 2.24) is 9.80 Å². The first-order valence-corrected chi connectivity index (χ1v) is 10.2. The number of anilines is 1. The molecule has 0 aromatic heterocycles. The molecule has 146 valence electrons. The quantitative estimate of drug-likeness (QED) is 0.879. The molecule has 2 aromatic carbocycles. The molecule has 0 radical (unpaired) electrons. The summed E-state index contributed by atoms with van der Waals surface area (Å²) >= 11 is 0. The second kappa shape index (κ2) is 8.46. The van der Waals surface area contributed by atoms with Crippen LogP contribution in [0.15, 0.2) is 54.6 Å². The second-order valence-electron chi connectivity index (χ2n) is 7.68. The Hall–Kier alpha value is -2.82. The van der Waals surface area contributed by atoms with Crippen LogP contribution in [0.3, 0.4) is 0 Å².